The number of hydrogen-bond donors (Lipinski definition) is 1. The van der Waals surface area contributed by atoms with Crippen LogP contribution in [0.5, 0.6) is 0 Å². The number of hydrazine groups is 1. The van der Waals surface area contributed by atoms with Gasteiger partial charge in [-0.3, -0.25) is 5.43 Å². The van der Waals surface area contributed by atoms with E-state index in [1.165, 1.54) is 0 Å². The van der Waals surface area contributed by atoms with Gasteiger partial charge in [0.2, 0.25) is 0 Å². The van der Waals surface area contributed by atoms with E-state index in [0.717, 1.165) is 0 Å². The van der Waals surface area contributed by atoms with Gasteiger partial charge in [-0.2, -0.15) is 0 Å². The van der Waals surface area contributed by atoms with Gasteiger partial charge in [-0.25, -0.2) is 5.01 Å². The van der Waals surface area contributed by atoms with Gasteiger partial charge < -0.3 is 0 Å². The molecule has 1 fully saturated rings. The molecule has 1 aliphatic heterocycles. The van der Waals surface area contributed by atoms with Gasteiger partial charge in [-0.1, -0.05) is 20.8 Å². The minimum atomic E-state index is 0.111. The Morgan fingerprint density at radius 1 is 1.33 bits per heavy atom. The zero-order valence-electron chi connectivity index (χ0n) is 8.56. The molecular formula is C9H19ClN2. The molecule has 0 aliphatic carbocycles. The van der Waals surface area contributed by atoms with Crippen LogP contribution in [0.25, 0.3) is 0 Å². The second kappa shape index (κ2) is 3.17. The lowest BCUT2D eigenvalue weighted by molar-refractivity contribution is 0.209. The molecule has 1 saturated heterocycles. The van der Waals surface area contributed by atoms with Crippen LogP contribution in [-0.4, -0.2) is 23.6 Å². The Morgan fingerprint density at radius 3 is 2.00 bits per heavy atom. The summed E-state index contributed by atoms with van der Waals surface area (Å²) in [7, 11) is 2.00. The van der Waals surface area contributed by atoms with Crippen molar-refractivity contribution < 1.29 is 0 Å². The zero-order valence-corrected chi connectivity index (χ0v) is 9.31. The van der Waals surface area contributed by atoms with E-state index in [2.05, 4.69) is 33.1 Å². The molecule has 2 nitrogen and oxygen atoms in total. The van der Waals surface area contributed by atoms with E-state index in [-0.39, 0.29) is 10.9 Å². The van der Waals surface area contributed by atoms with Crippen LogP contribution in [0.1, 0.15) is 27.7 Å². The van der Waals surface area contributed by atoms with E-state index in [1.807, 2.05) is 12.1 Å². The first-order valence-electron chi connectivity index (χ1n) is 4.47. The Balaban J connectivity index is 2.77. The lowest BCUT2D eigenvalue weighted by Gasteiger charge is -2.31. The van der Waals surface area contributed by atoms with Gasteiger partial charge in [0.15, 0.2) is 0 Å². The van der Waals surface area contributed by atoms with Crippen molar-refractivity contribution in [1.82, 2.24) is 10.4 Å². The normalized spacial score (nSPS) is 39.0. The van der Waals surface area contributed by atoms with Gasteiger partial charge in [-0.15, -0.1) is 11.6 Å². The molecule has 0 aromatic heterocycles. The van der Waals surface area contributed by atoms with E-state index in [9.17, 15) is 0 Å². The molecule has 1 heterocycles. The van der Waals surface area contributed by atoms with Crippen molar-refractivity contribution in [3.63, 3.8) is 0 Å². The Bertz CT molecular complexity index is 164. The van der Waals surface area contributed by atoms with Crippen LogP contribution in [0.4, 0.5) is 0 Å². The zero-order chi connectivity index (χ0) is 9.52. The molecule has 0 aromatic rings. The van der Waals surface area contributed by atoms with Gasteiger partial charge in [0, 0.05) is 19.0 Å². The van der Waals surface area contributed by atoms with Crippen molar-refractivity contribution in [2.45, 2.75) is 39.2 Å². The largest absolute Gasteiger partial charge is 0.251 e. The summed E-state index contributed by atoms with van der Waals surface area (Å²) in [5.41, 5.74) is 3.70. The van der Waals surface area contributed by atoms with Crippen molar-refractivity contribution in [3.8, 4) is 0 Å². The maximum absolute atomic E-state index is 6.27. The van der Waals surface area contributed by atoms with Crippen LogP contribution < -0.4 is 5.43 Å². The van der Waals surface area contributed by atoms with Crippen molar-refractivity contribution >= 4 is 11.6 Å². The molecule has 72 valence electrons. The van der Waals surface area contributed by atoms with Crippen molar-refractivity contribution in [2.75, 3.05) is 7.05 Å². The maximum Gasteiger partial charge on any atom is 0.103 e. The molecule has 0 amide bonds. The van der Waals surface area contributed by atoms with Gasteiger partial charge in [0.05, 0.1) is 0 Å². The molecule has 0 radical (unpaired) electrons. The van der Waals surface area contributed by atoms with Gasteiger partial charge in [-0.05, 0) is 12.3 Å². The third-order valence-corrected chi connectivity index (χ3v) is 3.18. The van der Waals surface area contributed by atoms with Gasteiger partial charge in [0.25, 0.3) is 0 Å². The number of nitrogens with one attached hydrogen (secondary N) is 1. The van der Waals surface area contributed by atoms with Crippen molar-refractivity contribution in [2.24, 2.45) is 11.3 Å². The predicted octanol–water partition coefficient (Wildman–Crippen LogP) is 2.05. The Hall–Kier alpha value is 0.210. The Kier molecular flexibility index (Phi) is 2.72. The van der Waals surface area contributed by atoms with E-state index < -0.39 is 0 Å². The fourth-order valence-corrected chi connectivity index (χ4v) is 2.77. The number of nitrogens with zero attached hydrogens (tertiary/aromatic N) is 1. The highest BCUT2D eigenvalue weighted by Crippen LogP contribution is 2.38. The SMILES string of the molecule is CC1NN(C)C(Cl)C1C(C)(C)C. The standard InChI is InChI=1S/C9H19ClN2/c1-6-7(9(2,3)4)8(10)12(5)11-6/h6-8,11H,1-5H3. The second-order valence-electron chi connectivity index (χ2n) is 4.79. The quantitative estimate of drug-likeness (QED) is 0.465. The first-order chi connectivity index (χ1) is 5.34. The van der Waals surface area contributed by atoms with Crippen LogP contribution in [0, 0.1) is 11.3 Å². The molecule has 0 aromatic carbocycles. The molecular weight excluding hydrogens is 172 g/mol. The number of hydrogen-bond acceptors (Lipinski definition) is 2. The second-order valence-corrected chi connectivity index (χ2v) is 5.24. The third-order valence-electron chi connectivity index (χ3n) is 2.61. The summed E-state index contributed by atoms with van der Waals surface area (Å²) in [5, 5.41) is 2.00. The fourth-order valence-electron chi connectivity index (χ4n) is 2.11. The van der Waals surface area contributed by atoms with E-state index >= 15 is 0 Å². The smallest absolute Gasteiger partial charge is 0.103 e. The van der Waals surface area contributed by atoms with Crippen LogP contribution in [0.3, 0.4) is 0 Å². The number of rotatable bonds is 0. The first kappa shape index (κ1) is 10.3. The first-order valence-corrected chi connectivity index (χ1v) is 4.91. The summed E-state index contributed by atoms with van der Waals surface area (Å²) in [5.74, 6) is 0.504. The van der Waals surface area contributed by atoms with Crippen LogP contribution >= 0.6 is 11.6 Å². The molecule has 3 unspecified atom stereocenters. The minimum absolute atomic E-state index is 0.111. The minimum Gasteiger partial charge on any atom is -0.251 e. The highest BCUT2D eigenvalue weighted by Gasteiger charge is 2.42. The molecule has 1 rings (SSSR count). The lowest BCUT2D eigenvalue weighted by atomic mass is 9.77. The van der Waals surface area contributed by atoms with Crippen molar-refractivity contribution in [3.05, 3.63) is 0 Å². The number of alkyl halides is 1. The van der Waals surface area contributed by atoms with E-state index in [1.54, 1.807) is 0 Å². The van der Waals surface area contributed by atoms with Gasteiger partial charge in [0.1, 0.15) is 5.50 Å². The monoisotopic (exact) mass is 190 g/mol. The fraction of sp³-hybridized carbons (Fsp3) is 1.00. The molecule has 0 bridgehead atoms. The molecule has 3 heteroatoms. The van der Waals surface area contributed by atoms with E-state index in [4.69, 9.17) is 11.6 Å². The topological polar surface area (TPSA) is 15.3 Å². The summed E-state index contributed by atoms with van der Waals surface area (Å²) in [6.07, 6.45) is 0. The average Bonchev–Trinajstić information content (AvgIpc) is 2.05. The summed E-state index contributed by atoms with van der Waals surface area (Å²) in [4.78, 5) is 0. The van der Waals surface area contributed by atoms with Crippen LogP contribution in [0.2, 0.25) is 0 Å². The molecule has 0 saturated carbocycles. The van der Waals surface area contributed by atoms with E-state index in [0.29, 0.717) is 12.0 Å². The summed E-state index contributed by atoms with van der Waals surface area (Å²) >= 11 is 6.27. The Morgan fingerprint density at radius 2 is 1.83 bits per heavy atom. The molecule has 0 spiro atoms. The maximum atomic E-state index is 6.27. The molecule has 3 atom stereocenters. The van der Waals surface area contributed by atoms with Gasteiger partial charge >= 0.3 is 0 Å². The molecule has 1 aliphatic rings. The highest BCUT2D eigenvalue weighted by atomic mass is 35.5. The highest BCUT2D eigenvalue weighted by molar-refractivity contribution is 6.20. The lowest BCUT2D eigenvalue weighted by Crippen LogP contribution is -2.34. The summed E-state index contributed by atoms with van der Waals surface area (Å²) in [6, 6.07) is 0.470. The molecule has 12 heavy (non-hydrogen) atoms. The summed E-state index contributed by atoms with van der Waals surface area (Å²) in [6.45, 7) is 8.91. The molecule has 1 N–H and O–H groups in total. The van der Waals surface area contributed by atoms with Crippen LogP contribution in [0.15, 0.2) is 0 Å². The van der Waals surface area contributed by atoms with Crippen molar-refractivity contribution in [1.29, 1.82) is 0 Å². The van der Waals surface area contributed by atoms with Crippen LogP contribution in [-0.2, 0) is 0 Å². The Labute approximate surface area is 80.2 Å². The predicted molar refractivity (Wildman–Crippen MR) is 52.9 cm³/mol. The number of halogens is 1. The average molecular weight is 191 g/mol. The summed E-state index contributed by atoms with van der Waals surface area (Å²) < 4.78 is 0. The third kappa shape index (κ3) is 1.76.